The number of fused-ring (bicyclic) bond motifs is 1. The first-order valence-corrected chi connectivity index (χ1v) is 11.6. The number of amides is 1. The second-order valence-electron chi connectivity index (χ2n) is 9.31. The lowest BCUT2D eigenvalue weighted by Crippen LogP contribution is -2.36. The summed E-state index contributed by atoms with van der Waals surface area (Å²) in [6.07, 6.45) is 8.22. The average Bonchev–Trinajstić information content (AvgIpc) is 3.46. The van der Waals surface area contributed by atoms with Crippen LogP contribution in [0.3, 0.4) is 0 Å². The van der Waals surface area contributed by atoms with Gasteiger partial charge >= 0.3 is 0 Å². The highest BCUT2D eigenvalue weighted by Crippen LogP contribution is 2.34. The number of hydrogen-bond acceptors (Lipinski definition) is 6. The van der Waals surface area contributed by atoms with Crippen LogP contribution in [0.1, 0.15) is 31.1 Å². The van der Waals surface area contributed by atoms with Crippen LogP contribution in [0.25, 0.3) is 16.8 Å². The minimum Gasteiger partial charge on any atom is -0.378 e. The Bertz CT molecular complexity index is 1400. The monoisotopic (exact) mass is 497 g/mol. The largest absolute Gasteiger partial charge is 0.378 e. The van der Waals surface area contributed by atoms with Gasteiger partial charge in [0.25, 0.3) is 5.91 Å². The molecule has 4 aromatic rings. The molecule has 0 aliphatic carbocycles. The van der Waals surface area contributed by atoms with Crippen molar-refractivity contribution in [2.24, 2.45) is 0 Å². The van der Waals surface area contributed by atoms with Crippen LogP contribution in [0.5, 0.6) is 0 Å². The van der Waals surface area contributed by atoms with E-state index in [1.54, 1.807) is 33.0 Å². The third kappa shape index (κ3) is 4.46. The predicted octanol–water partition coefficient (Wildman–Crippen LogP) is 4.23. The van der Waals surface area contributed by atoms with Crippen molar-refractivity contribution in [2.45, 2.75) is 26.3 Å². The molecule has 0 aromatic carbocycles. The highest BCUT2D eigenvalue weighted by atomic mass is 35.5. The number of imidazole rings is 1. The van der Waals surface area contributed by atoms with E-state index in [1.165, 1.54) is 17.1 Å². The fraction of sp³-hybridized carbons (Fsp3) is 0.333. The first-order chi connectivity index (χ1) is 16.7. The molecule has 0 bridgehead atoms. The van der Waals surface area contributed by atoms with Gasteiger partial charge in [-0.25, -0.2) is 14.6 Å². The Hall–Kier alpha value is -3.50. The third-order valence-corrected chi connectivity index (χ3v) is 6.12. The van der Waals surface area contributed by atoms with E-state index in [-0.39, 0.29) is 11.4 Å². The molecular weight excluding hydrogens is 473 g/mol. The number of anilines is 2. The highest BCUT2D eigenvalue weighted by Gasteiger charge is 2.25. The fourth-order valence-corrected chi connectivity index (χ4v) is 4.28. The smallest absolute Gasteiger partial charge is 0.263 e. The third-order valence-electron chi connectivity index (χ3n) is 5.82. The van der Waals surface area contributed by atoms with Crippen LogP contribution in [-0.2, 0) is 10.3 Å². The van der Waals surface area contributed by atoms with Crippen molar-refractivity contribution in [2.75, 3.05) is 36.5 Å². The van der Waals surface area contributed by atoms with Crippen LogP contribution in [0, 0.1) is 5.95 Å². The van der Waals surface area contributed by atoms with Gasteiger partial charge < -0.3 is 19.4 Å². The number of rotatable bonds is 4. The Kier molecular flexibility index (Phi) is 5.94. The Morgan fingerprint density at radius 1 is 1.17 bits per heavy atom. The second-order valence-corrected chi connectivity index (χ2v) is 9.71. The van der Waals surface area contributed by atoms with E-state index < -0.39 is 17.4 Å². The zero-order valence-electron chi connectivity index (χ0n) is 19.6. The van der Waals surface area contributed by atoms with Gasteiger partial charge in [0.15, 0.2) is 5.65 Å². The van der Waals surface area contributed by atoms with E-state index in [9.17, 15) is 9.18 Å². The topological polar surface area (TPSA) is 89.6 Å². The molecule has 0 spiro atoms. The van der Waals surface area contributed by atoms with E-state index >= 15 is 0 Å². The number of nitrogens with one attached hydrogen (secondary N) is 1. The first-order valence-electron chi connectivity index (χ1n) is 11.2. The summed E-state index contributed by atoms with van der Waals surface area (Å²) in [4.78, 5) is 23.7. The molecule has 1 saturated heterocycles. The summed E-state index contributed by atoms with van der Waals surface area (Å²) in [5, 5.41) is 7.11. The Labute approximate surface area is 206 Å². The molecule has 0 unspecified atom stereocenters. The zero-order valence-corrected chi connectivity index (χ0v) is 20.4. The quantitative estimate of drug-likeness (QED) is 0.454. The average molecular weight is 498 g/mol. The maximum atomic E-state index is 14.8. The molecule has 0 atom stereocenters. The summed E-state index contributed by atoms with van der Waals surface area (Å²) in [5.74, 6) is -1.10. The van der Waals surface area contributed by atoms with Crippen molar-refractivity contribution < 1.29 is 13.9 Å². The van der Waals surface area contributed by atoms with Crippen LogP contribution in [0.4, 0.5) is 15.9 Å². The van der Waals surface area contributed by atoms with E-state index in [1.807, 2.05) is 22.9 Å². The van der Waals surface area contributed by atoms with Crippen molar-refractivity contribution in [1.82, 2.24) is 24.1 Å². The maximum absolute atomic E-state index is 14.8. The number of ether oxygens (including phenoxy) is 1. The standard InChI is InChI=1S/C24H25ClFN7O2/c1-24(2,3)33-21(26)17(12-29-33)23(34)30-20-11-16(18(25)13-28-20)15-10-19(31-6-8-35-9-7-31)22-27-4-5-32(22)14-15/h4-5,10-14H,6-9H2,1-3H3,(H,28,30,34). The van der Waals surface area contributed by atoms with E-state index in [4.69, 9.17) is 16.3 Å². The molecule has 182 valence electrons. The first kappa shape index (κ1) is 23.3. The van der Waals surface area contributed by atoms with Crippen LogP contribution < -0.4 is 10.2 Å². The molecule has 1 aliphatic rings. The Morgan fingerprint density at radius 3 is 2.66 bits per heavy atom. The van der Waals surface area contributed by atoms with Crippen molar-refractivity contribution >= 4 is 34.7 Å². The van der Waals surface area contributed by atoms with E-state index in [0.717, 1.165) is 30.0 Å². The molecule has 5 heterocycles. The minimum atomic E-state index is -0.704. The van der Waals surface area contributed by atoms with Crippen molar-refractivity contribution in [3.63, 3.8) is 0 Å². The summed E-state index contributed by atoms with van der Waals surface area (Å²) in [6.45, 7) is 8.22. The molecule has 9 nitrogen and oxygen atoms in total. The number of pyridine rings is 2. The van der Waals surface area contributed by atoms with Crippen LogP contribution >= 0.6 is 11.6 Å². The molecular formula is C24H25ClFN7O2. The number of nitrogens with zero attached hydrogens (tertiary/aromatic N) is 6. The van der Waals surface area contributed by atoms with Gasteiger partial charge in [-0.2, -0.15) is 9.49 Å². The summed E-state index contributed by atoms with van der Waals surface area (Å²) in [7, 11) is 0. The number of carbonyl (C=O) groups excluding carboxylic acids is 1. The molecule has 1 fully saturated rings. The number of carbonyl (C=O) groups is 1. The van der Waals surface area contributed by atoms with Crippen molar-refractivity contribution in [1.29, 1.82) is 0 Å². The lowest BCUT2D eigenvalue weighted by atomic mass is 10.1. The van der Waals surface area contributed by atoms with Gasteiger partial charge in [0.2, 0.25) is 5.95 Å². The number of aromatic nitrogens is 5. The van der Waals surface area contributed by atoms with Gasteiger partial charge in [-0.15, -0.1) is 0 Å². The number of morpholine rings is 1. The van der Waals surface area contributed by atoms with Crippen LogP contribution in [0.2, 0.25) is 5.02 Å². The van der Waals surface area contributed by atoms with Gasteiger partial charge in [-0.1, -0.05) is 11.6 Å². The molecule has 1 amide bonds. The van der Waals surface area contributed by atoms with E-state index in [2.05, 4.69) is 25.3 Å². The lowest BCUT2D eigenvalue weighted by Gasteiger charge is -2.29. The normalized spacial score (nSPS) is 14.5. The van der Waals surface area contributed by atoms with Gasteiger partial charge in [-0.05, 0) is 32.9 Å². The second kappa shape index (κ2) is 8.94. The number of halogens is 2. The van der Waals surface area contributed by atoms with Gasteiger partial charge in [-0.3, -0.25) is 4.79 Å². The Balaban J connectivity index is 1.48. The molecule has 0 saturated carbocycles. The van der Waals surface area contributed by atoms with Crippen LogP contribution in [-0.4, -0.2) is 56.4 Å². The molecule has 1 aliphatic heterocycles. The molecule has 0 radical (unpaired) electrons. The highest BCUT2D eigenvalue weighted by molar-refractivity contribution is 6.33. The summed E-state index contributed by atoms with van der Waals surface area (Å²) in [6, 6.07) is 3.70. The summed E-state index contributed by atoms with van der Waals surface area (Å²) < 4.78 is 23.4. The SMILES string of the molecule is CC(C)(C)n1ncc(C(=O)Nc2cc(-c3cc(N4CCOCC4)c4nccn4c3)c(Cl)cn2)c1F. The van der Waals surface area contributed by atoms with E-state index in [0.29, 0.717) is 23.8 Å². The molecule has 11 heteroatoms. The number of hydrogen-bond donors (Lipinski definition) is 1. The molecule has 35 heavy (non-hydrogen) atoms. The van der Waals surface area contributed by atoms with Crippen molar-refractivity contribution in [3.8, 4) is 11.1 Å². The predicted molar refractivity (Wildman–Crippen MR) is 132 cm³/mol. The van der Waals surface area contributed by atoms with Gasteiger partial charge in [0, 0.05) is 49.0 Å². The Morgan fingerprint density at radius 2 is 1.94 bits per heavy atom. The summed E-state index contributed by atoms with van der Waals surface area (Å²) in [5.41, 5.74) is 2.54. The maximum Gasteiger partial charge on any atom is 0.263 e. The lowest BCUT2D eigenvalue weighted by molar-refractivity contribution is 0.102. The van der Waals surface area contributed by atoms with Gasteiger partial charge in [0.05, 0.1) is 35.7 Å². The molecule has 5 rings (SSSR count). The molecule has 1 N–H and O–H groups in total. The molecule has 4 aromatic heterocycles. The fourth-order valence-electron chi connectivity index (χ4n) is 4.06. The van der Waals surface area contributed by atoms with Crippen LogP contribution in [0.15, 0.2) is 43.1 Å². The van der Waals surface area contributed by atoms with Crippen molar-refractivity contribution in [3.05, 3.63) is 59.7 Å². The zero-order chi connectivity index (χ0) is 24.7. The minimum absolute atomic E-state index is 0.160. The summed E-state index contributed by atoms with van der Waals surface area (Å²) >= 11 is 6.52. The van der Waals surface area contributed by atoms with Gasteiger partial charge in [0.1, 0.15) is 11.4 Å².